The number of phenolic OH excluding ortho intramolecular Hbond substituents is 2. The topological polar surface area (TPSA) is 100 Å². The van der Waals surface area contributed by atoms with Crippen LogP contribution in [0.3, 0.4) is 0 Å². The van der Waals surface area contributed by atoms with Gasteiger partial charge in [0.05, 0.1) is 30.3 Å². The van der Waals surface area contributed by atoms with E-state index in [1.165, 1.54) is 18.3 Å². The number of nitrogens with zero attached hydrogens (tertiary/aromatic N) is 1. The van der Waals surface area contributed by atoms with Crippen LogP contribution < -0.4 is 5.43 Å². The van der Waals surface area contributed by atoms with Crippen LogP contribution in [-0.2, 0) is 14.3 Å². The molecule has 1 saturated heterocycles. The van der Waals surface area contributed by atoms with E-state index in [4.69, 9.17) is 9.47 Å². The normalized spacial score (nSPS) is 17.2. The van der Waals surface area contributed by atoms with Crippen molar-refractivity contribution in [1.29, 1.82) is 0 Å². The fourth-order valence-corrected chi connectivity index (χ4v) is 2.19. The lowest BCUT2D eigenvalue weighted by molar-refractivity contribution is -0.159. The Bertz CT molecular complexity index is 570. The van der Waals surface area contributed by atoms with Crippen LogP contribution in [0.25, 0.3) is 0 Å². The van der Waals surface area contributed by atoms with Gasteiger partial charge < -0.3 is 19.7 Å². The van der Waals surface area contributed by atoms with Crippen LogP contribution in [0.5, 0.6) is 11.5 Å². The second-order valence-corrected chi connectivity index (χ2v) is 5.52. The van der Waals surface area contributed by atoms with Crippen molar-refractivity contribution in [3.05, 3.63) is 22.2 Å². The number of aromatic hydroxyl groups is 2. The zero-order valence-corrected chi connectivity index (χ0v) is 12.9. The van der Waals surface area contributed by atoms with Crippen molar-refractivity contribution in [2.75, 3.05) is 13.2 Å². The van der Waals surface area contributed by atoms with Crippen LogP contribution in [0.1, 0.15) is 18.9 Å². The van der Waals surface area contributed by atoms with Crippen molar-refractivity contribution < 1.29 is 24.5 Å². The monoisotopic (exact) mass is 358 g/mol. The molecule has 1 aliphatic heterocycles. The van der Waals surface area contributed by atoms with Gasteiger partial charge in [0.1, 0.15) is 11.5 Å². The summed E-state index contributed by atoms with van der Waals surface area (Å²) in [5.74, 6) is -1.52. The fraction of sp³-hybridized carbons (Fsp3) is 0.385. The highest BCUT2D eigenvalue weighted by molar-refractivity contribution is 9.10. The summed E-state index contributed by atoms with van der Waals surface area (Å²) in [5, 5.41) is 22.8. The van der Waals surface area contributed by atoms with E-state index in [2.05, 4.69) is 26.5 Å². The highest BCUT2D eigenvalue weighted by Gasteiger charge is 2.33. The van der Waals surface area contributed by atoms with E-state index in [9.17, 15) is 15.0 Å². The molecule has 0 atom stereocenters. The molecule has 1 aromatic carbocycles. The van der Waals surface area contributed by atoms with Gasteiger partial charge in [0.2, 0.25) is 5.91 Å². The molecule has 21 heavy (non-hydrogen) atoms. The molecule has 0 radical (unpaired) electrons. The zero-order valence-electron chi connectivity index (χ0n) is 11.3. The Kier molecular flexibility index (Phi) is 4.81. The van der Waals surface area contributed by atoms with Crippen LogP contribution in [0.4, 0.5) is 0 Å². The average molecular weight is 359 g/mol. The Morgan fingerprint density at radius 3 is 2.76 bits per heavy atom. The summed E-state index contributed by atoms with van der Waals surface area (Å²) >= 11 is 3.12. The number of nitrogens with one attached hydrogen (secondary N) is 1. The third-order valence-corrected chi connectivity index (χ3v) is 3.50. The van der Waals surface area contributed by atoms with Crippen molar-refractivity contribution in [3.63, 3.8) is 0 Å². The minimum atomic E-state index is -0.913. The van der Waals surface area contributed by atoms with Crippen molar-refractivity contribution in [3.8, 4) is 11.5 Å². The maximum Gasteiger partial charge on any atom is 0.245 e. The third kappa shape index (κ3) is 4.16. The van der Waals surface area contributed by atoms with Gasteiger partial charge in [-0.2, -0.15) is 5.10 Å². The molecule has 0 aliphatic carbocycles. The maximum absolute atomic E-state index is 11.7. The number of phenols is 2. The van der Waals surface area contributed by atoms with E-state index >= 15 is 0 Å². The van der Waals surface area contributed by atoms with Gasteiger partial charge >= 0.3 is 0 Å². The number of benzene rings is 1. The molecule has 0 saturated carbocycles. The van der Waals surface area contributed by atoms with Crippen molar-refractivity contribution >= 4 is 28.1 Å². The van der Waals surface area contributed by atoms with Gasteiger partial charge in [-0.25, -0.2) is 5.43 Å². The van der Waals surface area contributed by atoms with E-state index < -0.39 is 5.79 Å². The summed E-state index contributed by atoms with van der Waals surface area (Å²) < 4.78 is 11.0. The predicted octanol–water partition coefficient (Wildman–Crippen LogP) is 1.46. The van der Waals surface area contributed by atoms with E-state index in [0.29, 0.717) is 23.2 Å². The summed E-state index contributed by atoms with van der Waals surface area (Å²) in [4.78, 5) is 11.7. The number of carbonyl (C=O) groups excluding carboxylic acids is 1. The van der Waals surface area contributed by atoms with Crippen molar-refractivity contribution in [2.45, 2.75) is 19.1 Å². The Balaban J connectivity index is 1.93. The molecule has 0 spiro atoms. The number of rotatable bonds is 4. The summed E-state index contributed by atoms with van der Waals surface area (Å²) in [6.45, 7) is 2.61. The Labute approximate surface area is 129 Å². The summed E-state index contributed by atoms with van der Waals surface area (Å²) in [6.07, 6.45) is 1.30. The molecule has 0 unspecified atom stereocenters. The molecule has 1 aromatic rings. The summed E-state index contributed by atoms with van der Waals surface area (Å²) in [6, 6.07) is 2.65. The van der Waals surface area contributed by atoms with Gasteiger partial charge in [-0.05, 0) is 28.9 Å². The van der Waals surface area contributed by atoms with Gasteiger partial charge in [0.15, 0.2) is 5.79 Å². The smallest absolute Gasteiger partial charge is 0.245 e. The van der Waals surface area contributed by atoms with Gasteiger partial charge in [-0.15, -0.1) is 0 Å². The molecule has 3 N–H and O–H groups in total. The highest BCUT2D eigenvalue weighted by Crippen LogP contribution is 2.30. The first kappa shape index (κ1) is 15.7. The van der Waals surface area contributed by atoms with Crippen LogP contribution in [0, 0.1) is 0 Å². The second kappa shape index (κ2) is 6.42. The number of hydrogen-bond acceptors (Lipinski definition) is 6. The number of carbonyl (C=O) groups is 1. The van der Waals surface area contributed by atoms with E-state index in [0.717, 1.165) is 0 Å². The quantitative estimate of drug-likeness (QED) is 0.558. The number of ether oxygens (including phenoxy) is 2. The Hall–Kier alpha value is -1.64. The highest BCUT2D eigenvalue weighted by atomic mass is 79.9. The number of hydrazone groups is 1. The lowest BCUT2D eigenvalue weighted by Gasteiger charge is -2.20. The zero-order chi connectivity index (χ0) is 15.5. The van der Waals surface area contributed by atoms with Gasteiger partial charge in [-0.3, -0.25) is 4.79 Å². The van der Waals surface area contributed by atoms with Gasteiger partial charge in [-0.1, -0.05) is 0 Å². The molecular formula is C13H15BrN2O5. The van der Waals surface area contributed by atoms with Crippen molar-refractivity contribution in [2.24, 2.45) is 5.10 Å². The van der Waals surface area contributed by atoms with Gasteiger partial charge in [0.25, 0.3) is 0 Å². The first-order valence-corrected chi connectivity index (χ1v) is 7.00. The number of hydrogen-bond donors (Lipinski definition) is 3. The third-order valence-electron chi connectivity index (χ3n) is 2.87. The van der Waals surface area contributed by atoms with Crippen LogP contribution in [-0.4, -0.2) is 41.3 Å². The SMILES string of the molecule is CC1(CC(=O)N/N=C/c2cc(Br)c(O)cc2O)OCCO1. The molecule has 1 heterocycles. The maximum atomic E-state index is 11.7. The van der Waals surface area contributed by atoms with Crippen LogP contribution in [0.15, 0.2) is 21.7 Å². The number of halogens is 1. The molecule has 2 rings (SSSR count). The fourth-order valence-electron chi connectivity index (χ4n) is 1.83. The molecule has 1 fully saturated rings. The summed E-state index contributed by atoms with van der Waals surface area (Å²) in [5.41, 5.74) is 2.67. The van der Waals surface area contributed by atoms with Crippen molar-refractivity contribution in [1.82, 2.24) is 5.43 Å². The molecule has 7 nitrogen and oxygen atoms in total. The Morgan fingerprint density at radius 1 is 1.43 bits per heavy atom. The molecule has 8 heteroatoms. The van der Waals surface area contributed by atoms with Crippen LogP contribution in [0.2, 0.25) is 0 Å². The lowest BCUT2D eigenvalue weighted by Crippen LogP contribution is -2.33. The first-order chi connectivity index (χ1) is 9.89. The average Bonchev–Trinajstić information content (AvgIpc) is 2.82. The molecule has 1 aliphatic rings. The molecule has 1 amide bonds. The van der Waals surface area contributed by atoms with Crippen LogP contribution >= 0.6 is 15.9 Å². The van der Waals surface area contributed by atoms with E-state index in [1.54, 1.807) is 6.92 Å². The van der Waals surface area contributed by atoms with E-state index in [1.807, 2.05) is 0 Å². The summed E-state index contributed by atoms with van der Waals surface area (Å²) in [7, 11) is 0. The van der Waals surface area contributed by atoms with E-state index in [-0.39, 0.29) is 23.8 Å². The standard InChI is InChI=1S/C13H15BrN2O5/c1-13(20-2-3-21-13)6-12(19)16-15-7-8-4-9(14)11(18)5-10(8)17/h4-5,7,17-18H,2-3,6H2,1H3,(H,16,19)/b15-7+. The number of amides is 1. The minimum Gasteiger partial charge on any atom is -0.507 e. The molecule has 114 valence electrons. The largest absolute Gasteiger partial charge is 0.507 e. The Morgan fingerprint density at radius 2 is 2.10 bits per heavy atom. The lowest BCUT2D eigenvalue weighted by atomic mass is 10.2. The first-order valence-electron chi connectivity index (χ1n) is 6.21. The van der Waals surface area contributed by atoms with Gasteiger partial charge in [0, 0.05) is 11.6 Å². The minimum absolute atomic E-state index is 0.0234. The molecular weight excluding hydrogens is 344 g/mol. The molecule has 0 bridgehead atoms. The molecule has 0 aromatic heterocycles. The second-order valence-electron chi connectivity index (χ2n) is 4.66. The predicted molar refractivity (Wildman–Crippen MR) is 78.1 cm³/mol.